The molecule has 0 bridgehead atoms. The summed E-state index contributed by atoms with van der Waals surface area (Å²) in [6, 6.07) is 8.54. The first-order valence-electron chi connectivity index (χ1n) is 6.00. The molecular weight excluding hydrogens is 316 g/mol. The average Bonchev–Trinajstić information content (AvgIpc) is 2.83. The van der Waals surface area contributed by atoms with E-state index in [2.05, 4.69) is 4.72 Å². The van der Waals surface area contributed by atoms with Crippen molar-refractivity contribution in [2.75, 3.05) is 11.3 Å². The van der Waals surface area contributed by atoms with Crippen LogP contribution >= 0.6 is 22.9 Å². The molecule has 20 heavy (non-hydrogen) atoms. The van der Waals surface area contributed by atoms with Gasteiger partial charge in [-0.3, -0.25) is 4.72 Å². The van der Waals surface area contributed by atoms with Gasteiger partial charge in [-0.25, -0.2) is 8.42 Å². The van der Waals surface area contributed by atoms with Gasteiger partial charge in [0.05, 0.1) is 10.7 Å². The van der Waals surface area contributed by atoms with Crippen LogP contribution in [0.5, 0.6) is 0 Å². The van der Waals surface area contributed by atoms with Gasteiger partial charge < -0.3 is 5.73 Å². The molecule has 4 nitrogen and oxygen atoms in total. The molecule has 108 valence electrons. The highest BCUT2D eigenvalue weighted by Gasteiger charge is 2.18. The zero-order valence-electron chi connectivity index (χ0n) is 10.9. The number of nitrogens with two attached hydrogens (primary N) is 1. The summed E-state index contributed by atoms with van der Waals surface area (Å²) in [4.78, 5) is 0.947. The maximum absolute atomic E-state index is 12.3. The maximum atomic E-state index is 12.3. The average molecular weight is 331 g/mol. The van der Waals surface area contributed by atoms with Crippen LogP contribution in [0.3, 0.4) is 0 Å². The Bertz CT molecular complexity index is 711. The molecule has 3 N–H and O–H groups in total. The van der Waals surface area contributed by atoms with E-state index in [0.717, 1.165) is 10.4 Å². The number of thiophene rings is 1. The summed E-state index contributed by atoms with van der Waals surface area (Å²) >= 11 is 7.26. The van der Waals surface area contributed by atoms with Gasteiger partial charge in [-0.2, -0.15) is 0 Å². The third-order valence-electron chi connectivity index (χ3n) is 2.66. The first-order chi connectivity index (χ1) is 9.42. The Kier molecular flexibility index (Phi) is 4.70. The van der Waals surface area contributed by atoms with Crippen molar-refractivity contribution >= 4 is 38.6 Å². The smallest absolute Gasteiger partial charge is 0.271 e. The first kappa shape index (κ1) is 15.3. The van der Waals surface area contributed by atoms with Crippen LogP contribution in [0.25, 0.3) is 0 Å². The molecular formula is C13H15ClN2O2S2. The van der Waals surface area contributed by atoms with Crippen LogP contribution in [0.4, 0.5) is 5.69 Å². The van der Waals surface area contributed by atoms with Crippen molar-refractivity contribution in [3.8, 4) is 0 Å². The molecule has 1 aromatic heterocycles. The van der Waals surface area contributed by atoms with Gasteiger partial charge in [0.15, 0.2) is 0 Å². The lowest BCUT2D eigenvalue weighted by atomic mass is 10.2. The fourth-order valence-corrected chi connectivity index (χ4v) is 4.47. The van der Waals surface area contributed by atoms with Crippen molar-refractivity contribution < 1.29 is 8.42 Å². The Morgan fingerprint density at radius 2 is 2.05 bits per heavy atom. The molecule has 0 aliphatic rings. The largest absolute Gasteiger partial charge is 0.330 e. The fourth-order valence-electron chi connectivity index (χ4n) is 1.68. The summed E-state index contributed by atoms with van der Waals surface area (Å²) in [5, 5.41) is 0.382. The van der Waals surface area contributed by atoms with Crippen molar-refractivity contribution in [1.82, 2.24) is 0 Å². The molecule has 0 unspecified atom stereocenters. The van der Waals surface area contributed by atoms with Crippen molar-refractivity contribution in [3.05, 3.63) is 45.8 Å². The van der Waals surface area contributed by atoms with Crippen LogP contribution in [0.1, 0.15) is 10.4 Å². The molecule has 0 spiro atoms. The van der Waals surface area contributed by atoms with Gasteiger partial charge >= 0.3 is 0 Å². The highest BCUT2D eigenvalue weighted by molar-refractivity contribution is 7.94. The molecule has 0 amide bonds. The monoisotopic (exact) mass is 330 g/mol. The number of hydrogen-bond donors (Lipinski definition) is 2. The zero-order chi connectivity index (χ0) is 14.8. The summed E-state index contributed by atoms with van der Waals surface area (Å²) in [5.41, 5.74) is 6.81. The molecule has 1 aromatic carbocycles. The van der Waals surface area contributed by atoms with Gasteiger partial charge in [-0.05, 0) is 49.7 Å². The number of halogens is 1. The molecule has 0 aliphatic heterocycles. The highest BCUT2D eigenvalue weighted by Crippen LogP contribution is 2.28. The Balaban J connectivity index is 2.26. The van der Waals surface area contributed by atoms with Gasteiger partial charge in [0.25, 0.3) is 10.0 Å². The molecule has 0 saturated heterocycles. The topological polar surface area (TPSA) is 72.2 Å². The van der Waals surface area contributed by atoms with Gasteiger partial charge in [0.2, 0.25) is 0 Å². The lowest BCUT2D eigenvalue weighted by Crippen LogP contribution is -2.11. The van der Waals surface area contributed by atoms with Crippen LogP contribution in [-0.2, 0) is 16.4 Å². The summed E-state index contributed by atoms with van der Waals surface area (Å²) in [6.45, 7) is 2.39. The Morgan fingerprint density at radius 1 is 1.30 bits per heavy atom. The second-order valence-corrected chi connectivity index (χ2v) is 7.83. The van der Waals surface area contributed by atoms with Crippen LogP contribution in [0, 0.1) is 6.92 Å². The van der Waals surface area contributed by atoms with Crippen LogP contribution in [0.15, 0.2) is 34.5 Å². The van der Waals surface area contributed by atoms with Gasteiger partial charge in [0.1, 0.15) is 4.21 Å². The predicted octanol–water partition coefficient (Wildman–Crippen LogP) is 3.01. The fraction of sp³-hybridized carbons (Fsp3) is 0.231. The number of aryl methyl sites for hydroxylation is 1. The van der Waals surface area contributed by atoms with Crippen LogP contribution in [0.2, 0.25) is 5.02 Å². The second kappa shape index (κ2) is 6.13. The number of rotatable bonds is 5. The predicted molar refractivity (Wildman–Crippen MR) is 84.1 cm³/mol. The van der Waals surface area contributed by atoms with E-state index in [9.17, 15) is 8.42 Å². The van der Waals surface area contributed by atoms with E-state index in [-0.39, 0.29) is 4.21 Å². The van der Waals surface area contributed by atoms with Crippen LogP contribution < -0.4 is 10.5 Å². The highest BCUT2D eigenvalue weighted by atomic mass is 35.5. The summed E-state index contributed by atoms with van der Waals surface area (Å²) in [7, 11) is -3.60. The second-order valence-electron chi connectivity index (χ2n) is 4.35. The van der Waals surface area contributed by atoms with Gasteiger partial charge in [-0.1, -0.05) is 17.7 Å². The molecule has 0 radical (unpaired) electrons. The van der Waals surface area contributed by atoms with Crippen LogP contribution in [-0.4, -0.2) is 15.0 Å². The van der Waals surface area contributed by atoms with Crippen molar-refractivity contribution in [1.29, 1.82) is 0 Å². The van der Waals surface area contributed by atoms with E-state index in [1.807, 2.05) is 6.92 Å². The van der Waals surface area contributed by atoms with Gasteiger partial charge in [-0.15, -0.1) is 11.3 Å². The van der Waals surface area contributed by atoms with Crippen molar-refractivity contribution in [3.63, 3.8) is 0 Å². The summed E-state index contributed by atoms with van der Waals surface area (Å²) < 4.78 is 27.3. The number of hydrogen-bond acceptors (Lipinski definition) is 4. The molecule has 1 heterocycles. The van der Waals surface area contributed by atoms with E-state index >= 15 is 0 Å². The van der Waals surface area contributed by atoms with E-state index in [1.165, 1.54) is 11.3 Å². The minimum atomic E-state index is -3.60. The number of nitrogens with one attached hydrogen (secondary N) is 1. The molecule has 2 rings (SSSR count). The minimum absolute atomic E-state index is 0.262. The molecule has 7 heteroatoms. The summed E-state index contributed by atoms with van der Waals surface area (Å²) in [6.07, 6.45) is 0.672. The number of anilines is 1. The lowest BCUT2D eigenvalue weighted by Gasteiger charge is -2.08. The molecule has 2 aromatic rings. The Hall–Kier alpha value is -1.08. The third-order valence-corrected chi connectivity index (χ3v) is 5.98. The first-order valence-corrected chi connectivity index (χ1v) is 8.68. The van der Waals surface area contributed by atoms with E-state index < -0.39 is 10.0 Å². The molecule has 0 atom stereocenters. The zero-order valence-corrected chi connectivity index (χ0v) is 13.3. The normalized spacial score (nSPS) is 11.6. The van der Waals surface area contributed by atoms with E-state index in [4.69, 9.17) is 17.3 Å². The third kappa shape index (κ3) is 3.52. The quantitative estimate of drug-likeness (QED) is 0.885. The Labute approximate surface area is 127 Å². The number of benzene rings is 1. The van der Waals surface area contributed by atoms with Crippen molar-refractivity contribution in [2.24, 2.45) is 5.73 Å². The van der Waals surface area contributed by atoms with E-state index in [0.29, 0.717) is 23.7 Å². The van der Waals surface area contributed by atoms with Gasteiger partial charge in [0, 0.05) is 4.88 Å². The minimum Gasteiger partial charge on any atom is -0.330 e. The van der Waals surface area contributed by atoms with E-state index in [1.54, 1.807) is 30.3 Å². The lowest BCUT2D eigenvalue weighted by molar-refractivity contribution is 0.603. The van der Waals surface area contributed by atoms with Crippen molar-refractivity contribution in [2.45, 2.75) is 17.6 Å². The summed E-state index contributed by atoms with van der Waals surface area (Å²) in [5.74, 6) is 0. The Morgan fingerprint density at radius 3 is 2.70 bits per heavy atom. The SMILES string of the molecule is Cc1ccc(NS(=O)(=O)c2ccc(CCN)s2)c(Cl)c1. The molecule has 0 fully saturated rings. The molecule has 0 saturated carbocycles. The maximum Gasteiger partial charge on any atom is 0.271 e. The molecule has 0 aliphatic carbocycles. The standard InChI is InChI=1S/C13H15ClN2O2S2/c1-9-2-4-12(11(14)8-9)16-20(17,18)13-5-3-10(19-13)6-7-15/h2-5,8,16H,6-7,15H2,1H3. The number of sulfonamides is 1.